The van der Waals surface area contributed by atoms with Gasteiger partial charge in [-0.2, -0.15) is 5.10 Å². The van der Waals surface area contributed by atoms with Crippen molar-refractivity contribution in [2.75, 3.05) is 12.4 Å². The van der Waals surface area contributed by atoms with E-state index >= 15 is 0 Å². The number of hydrogen-bond donors (Lipinski definition) is 1. The summed E-state index contributed by atoms with van der Waals surface area (Å²) < 4.78 is 1.74. The van der Waals surface area contributed by atoms with Crippen LogP contribution in [0, 0.1) is 0 Å². The molecule has 6 heteroatoms. The Bertz CT molecular complexity index is 858. The van der Waals surface area contributed by atoms with Gasteiger partial charge in [0.05, 0.1) is 11.7 Å². The lowest BCUT2D eigenvalue weighted by molar-refractivity contribution is 0.408. The van der Waals surface area contributed by atoms with Gasteiger partial charge in [-0.15, -0.1) is 0 Å². The Morgan fingerprint density at radius 3 is 2.65 bits per heavy atom. The van der Waals surface area contributed by atoms with Crippen molar-refractivity contribution in [2.24, 2.45) is 0 Å². The highest BCUT2D eigenvalue weighted by atomic mass is 32.1. The minimum atomic E-state index is 0.147. The minimum absolute atomic E-state index is 0.147. The molecule has 1 N–H and O–H groups in total. The number of nitrogens with zero attached hydrogens (tertiary/aromatic N) is 4. The fourth-order valence-corrected chi connectivity index (χ4v) is 3.00. The first-order valence-electron chi connectivity index (χ1n) is 8.66. The number of benzene rings is 2. The number of thiocarbonyl (C=S) groups is 1. The summed E-state index contributed by atoms with van der Waals surface area (Å²) in [6, 6.07) is 16.8. The molecule has 3 aromatic rings. The first kappa shape index (κ1) is 18.1. The zero-order chi connectivity index (χ0) is 18.5. The lowest BCUT2D eigenvalue weighted by Crippen LogP contribution is -2.33. The van der Waals surface area contributed by atoms with E-state index in [4.69, 9.17) is 12.2 Å². The third kappa shape index (κ3) is 4.08. The predicted molar refractivity (Wildman–Crippen MR) is 110 cm³/mol. The lowest BCUT2D eigenvalue weighted by Gasteiger charge is -2.28. The summed E-state index contributed by atoms with van der Waals surface area (Å²) in [6.07, 6.45) is 4.22. The van der Waals surface area contributed by atoms with E-state index in [0.29, 0.717) is 5.11 Å². The van der Waals surface area contributed by atoms with Crippen molar-refractivity contribution >= 4 is 23.0 Å². The van der Waals surface area contributed by atoms with Crippen molar-refractivity contribution in [2.45, 2.75) is 26.3 Å². The van der Waals surface area contributed by atoms with Crippen molar-refractivity contribution in [1.82, 2.24) is 19.7 Å². The molecule has 0 saturated carbocycles. The van der Waals surface area contributed by atoms with Crippen LogP contribution in [0.15, 0.2) is 61.2 Å². The normalized spacial score (nSPS) is 11.8. The fourth-order valence-electron chi connectivity index (χ4n) is 2.73. The second kappa shape index (κ2) is 8.10. The third-order valence-electron chi connectivity index (χ3n) is 4.55. The van der Waals surface area contributed by atoms with E-state index in [1.54, 1.807) is 11.0 Å². The molecule has 0 radical (unpaired) electrons. The summed E-state index contributed by atoms with van der Waals surface area (Å²) in [4.78, 5) is 6.05. The smallest absolute Gasteiger partial charge is 0.173 e. The van der Waals surface area contributed by atoms with E-state index in [9.17, 15) is 0 Å². The van der Waals surface area contributed by atoms with Gasteiger partial charge in [0.25, 0.3) is 0 Å². The monoisotopic (exact) mass is 365 g/mol. The molecule has 26 heavy (non-hydrogen) atoms. The highest BCUT2D eigenvalue weighted by molar-refractivity contribution is 7.80. The molecule has 1 aromatic heterocycles. The number of rotatable bonds is 5. The summed E-state index contributed by atoms with van der Waals surface area (Å²) in [5.41, 5.74) is 4.48. The first-order chi connectivity index (χ1) is 12.6. The topological polar surface area (TPSA) is 46.0 Å². The van der Waals surface area contributed by atoms with Crippen LogP contribution in [0.5, 0.6) is 0 Å². The van der Waals surface area contributed by atoms with Gasteiger partial charge in [-0.3, -0.25) is 0 Å². The lowest BCUT2D eigenvalue weighted by atomic mass is 10.1. The first-order valence-corrected chi connectivity index (χ1v) is 9.07. The largest absolute Gasteiger partial charge is 0.345 e. The standard InChI is InChI=1S/C20H23N5S/c1-4-16-6-5-7-18(12-16)23-20(26)24(3)15(2)17-8-10-19(11-9-17)25-14-21-13-22-25/h5-15H,4H2,1-3H3,(H,23,26)/t15-/m0/s1. The summed E-state index contributed by atoms with van der Waals surface area (Å²) in [5, 5.41) is 8.19. The summed E-state index contributed by atoms with van der Waals surface area (Å²) in [7, 11) is 2.01. The summed E-state index contributed by atoms with van der Waals surface area (Å²) >= 11 is 5.60. The zero-order valence-electron chi connectivity index (χ0n) is 15.3. The Kier molecular flexibility index (Phi) is 5.63. The summed E-state index contributed by atoms with van der Waals surface area (Å²) in [5.74, 6) is 0. The average molecular weight is 366 g/mol. The molecule has 0 fully saturated rings. The van der Waals surface area contributed by atoms with Crippen molar-refractivity contribution in [3.8, 4) is 5.69 Å². The molecule has 1 atom stereocenters. The van der Waals surface area contributed by atoms with E-state index in [-0.39, 0.29) is 6.04 Å². The zero-order valence-corrected chi connectivity index (χ0v) is 16.1. The molecule has 0 aliphatic carbocycles. The molecule has 5 nitrogen and oxygen atoms in total. The average Bonchev–Trinajstić information content (AvgIpc) is 3.22. The van der Waals surface area contributed by atoms with E-state index in [1.807, 2.05) is 25.2 Å². The highest BCUT2D eigenvalue weighted by Gasteiger charge is 2.15. The molecular formula is C20H23N5S. The molecule has 0 unspecified atom stereocenters. The van der Waals surface area contributed by atoms with Gasteiger partial charge in [0.2, 0.25) is 0 Å². The SMILES string of the molecule is CCc1cccc(NC(=S)N(C)[C@@H](C)c2ccc(-n3cncn3)cc2)c1. The van der Waals surface area contributed by atoms with Crippen molar-refractivity contribution < 1.29 is 0 Å². The number of nitrogens with one attached hydrogen (secondary N) is 1. The Morgan fingerprint density at radius 1 is 1.23 bits per heavy atom. The van der Waals surface area contributed by atoms with E-state index in [1.165, 1.54) is 17.5 Å². The van der Waals surface area contributed by atoms with E-state index in [0.717, 1.165) is 17.8 Å². The quantitative estimate of drug-likeness (QED) is 0.686. The van der Waals surface area contributed by atoms with Crippen LogP contribution in [-0.4, -0.2) is 31.8 Å². The molecule has 1 heterocycles. The Hall–Kier alpha value is -2.73. The Labute approximate surface area is 159 Å². The maximum absolute atomic E-state index is 5.60. The van der Waals surface area contributed by atoms with Gasteiger partial charge in [0.1, 0.15) is 12.7 Å². The second-order valence-corrected chi connectivity index (χ2v) is 6.59. The molecule has 0 aliphatic rings. The van der Waals surface area contributed by atoms with Gasteiger partial charge in [-0.05, 0) is 61.0 Å². The fraction of sp³-hybridized carbons (Fsp3) is 0.250. The summed E-state index contributed by atoms with van der Waals surface area (Å²) in [6.45, 7) is 4.29. The van der Waals surface area contributed by atoms with Crippen LogP contribution in [0.2, 0.25) is 0 Å². The minimum Gasteiger partial charge on any atom is -0.345 e. The van der Waals surface area contributed by atoms with Crippen LogP contribution in [0.4, 0.5) is 5.69 Å². The Morgan fingerprint density at radius 2 is 2.00 bits per heavy atom. The van der Waals surface area contributed by atoms with Crippen molar-refractivity contribution in [1.29, 1.82) is 0 Å². The van der Waals surface area contributed by atoms with Crippen molar-refractivity contribution in [3.63, 3.8) is 0 Å². The van der Waals surface area contributed by atoms with Crippen LogP contribution in [0.3, 0.4) is 0 Å². The van der Waals surface area contributed by atoms with Crippen LogP contribution in [0.1, 0.15) is 31.0 Å². The number of aromatic nitrogens is 3. The van der Waals surface area contributed by atoms with E-state index < -0.39 is 0 Å². The molecule has 2 aromatic carbocycles. The van der Waals surface area contributed by atoms with Gasteiger partial charge in [-0.1, -0.05) is 31.2 Å². The molecule has 0 saturated heterocycles. The number of hydrogen-bond acceptors (Lipinski definition) is 3. The predicted octanol–water partition coefficient (Wildman–Crippen LogP) is 4.22. The highest BCUT2D eigenvalue weighted by Crippen LogP contribution is 2.21. The molecule has 3 rings (SSSR count). The molecule has 0 aliphatic heterocycles. The van der Waals surface area contributed by atoms with Crippen LogP contribution in [0.25, 0.3) is 5.69 Å². The van der Waals surface area contributed by atoms with Crippen molar-refractivity contribution in [3.05, 3.63) is 72.3 Å². The van der Waals surface area contributed by atoms with E-state index in [2.05, 4.69) is 64.5 Å². The molecule has 0 bridgehead atoms. The van der Waals surface area contributed by atoms with Gasteiger partial charge >= 0.3 is 0 Å². The second-order valence-electron chi connectivity index (χ2n) is 6.20. The molecule has 0 spiro atoms. The molecule has 134 valence electrons. The van der Waals surface area contributed by atoms with Crippen LogP contribution < -0.4 is 5.32 Å². The number of aryl methyl sites for hydroxylation is 1. The van der Waals surface area contributed by atoms with Gasteiger partial charge in [0, 0.05) is 12.7 Å². The Balaban J connectivity index is 1.68. The third-order valence-corrected chi connectivity index (χ3v) is 4.94. The number of anilines is 1. The molecule has 0 amide bonds. The molecular weight excluding hydrogens is 342 g/mol. The van der Waals surface area contributed by atoms with Gasteiger partial charge in [-0.25, -0.2) is 9.67 Å². The van der Waals surface area contributed by atoms with Gasteiger partial charge < -0.3 is 10.2 Å². The maximum Gasteiger partial charge on any atom is 0.173 e. The van der Waals surface area contributed by atoms with Crippen LogP contribution >= 0.6 is 12.2 Å². The van der Waals surface area contributed by atoms with Gasteiger partial charge in [0.15, 0.2) is 5.11 Å². The maximum atomic E-state index is 5.60. The van der Waals surface area contributed by atoms with Crippen LogP contribution in [-0.2, 0) is 6.42 Å².